The smallest absolute Gasteiger partial charge is 0.232 e. The average Bonchev–Trinajstić information content (AvgIpc) is 3.08. The highest BCUT2D eigenvalue weighted by Crippen LogP contribution is 2.31. The van der Waals surface area contributed by atoms with E-state index in [0.717, 1.165) is 22.5 Å². The van der Waals surface area contributed by atoms with Crippen molar-refractivity contribution < 1.29 is 12.8 Å². The van der Waals surface area contributed by atoms with Gasteiger partial charge >= 0.3 is 0 Å². The molecule has 2 heterocycles. The summed E-state index contributed by atoms with van der Waals surface area (Å²) in [5, 5.41) is 4.90. The molecular formula is C18H17FN4O2S2. The number of hydrogen-bond donors (Lipinski definition) is 1. The van der Waals surface area contributed by atoms with Gasteiger partial charge in [-0.2, -0.15) is 5.10 Å². The highest BCUT2D eigenvalue weighted by Gasteiger charge is 2.26. The zero-order valence-corrected chi connectivity index (χ0v) is 16.1. The number of anilines is 1. The second kappa shape index (κ2) is 6.97. The Morgan fingerprint density at radius 3 is 2.78 bits per heavy atom. The van der Waals surface area contributed by atoms with Crippen molar-refractivity contribution in [3.8, 4) is 0 Å². The molecule has 0 amide bonds. The normalized spacial score (nSPS) is 18.2. The maximum atomic E-state index is 13.7. The van der Waals surface area contributed by atoms with Gasteiger partial charge in [-0.25, -0.2) is 17.8 Å². The van der Waals surface area contributed by atoms with Crippen LogP contribution in [0.4, 0.5) is 15.8 Å². The van der Waals surface area contributed by atoms with Crippen LogP contribution in [0.2, 0.25) is 0 Å². The molecule has 0 saturated carbocycles. The van der Waals surface area contributed by atoms with Crippen molar-refractivity contribution in [2.75, 3.05) is 22.9 Å². The molecule has 0 spiro atoms. The van der Waals surface area contributed by atoms with Gasteiger partial charge in [-0.15, -0.1) is 0 Å². The molecule has 0 radical (unpaired) electrons. The largest absolute Gasteiger partial charge is 0.270 e. The van der Waals surface area contributed by atoms with Gasteiger partial charge in [0.2, 0.25) is 10.0 Å². The molecule has 4 rings (SSSR count). The molecule has 140 valence electrons. The van der Waals surface area contributed by atoms with Crippen LogP contribution in [0.1, 0.15) is 11.1 Å². The number of sulfonamides is 1. The quantitative estimate of drug-likeness (QED) is 0.854. The maximum absolute atomic E-state index is 13.7. The zero-order chi connectivity index (χ0) is 19.0. The van der Waals surface area contributed by atoms with Crippen molar-refractivity contribution in [1.82, 2.24) is 5.43 Å². The molecule has 9 heteroatoms. The fraction of sp³-hybridized carbons (Fsp3) is 0.222. The molecule has 0 fully saturated rings. The summed E-state index contributed by atoms with van der Waals surface area (Å²) in [5.41, 5.74) is 6.65. The summed E-state index contributed by atoms with van der Waals surface area (Å²) >= 11 is 1.44. The van der Waals surface area contributed by atoms with Gasteiger partial charge in [0, 0.05) is 12.3 Å². The highest BCUT2D eigenvalue weighted by molar-refractivity contribution is 8.14. The summed E-state index contributed by atoms with van der Waals surface area (Å²) < 4.78 is 38.8. The fourth-order valence-corrected chi connectivity index (χ4v) is 4.81. The zero-order valence-electron chi connectivity index (χ0n) is 14.5. The standard InChI is InChI=1S/C18H17FN4O2S2/c1-27(24,25)23-9-8-13-10-12(6-7-17(13)23)16-11-26-18(22-21-16)20-15-5-3-2-4-14(15)19/h2-7,10H,8-9,11H2,1H3,(H,20,22). The van der Waals surface area contributed by atoms with Gasteiger partial charge in [0.1, 0.15) is 11.5 Å². The van der Waals surface area contributed by atoms with Gasteiger partial charge in [-0.05, 0) is 41.8 Å². The number of amidine groups is 1. The molecule has 2 aromatic rings. The van der Waals surface area contributed by atoms with Gasteiger partial charge in [0.25, 0.3) is 0 Å². The first-order chi connectivity index (χ1) is 12.9. The van der Waals surface area contributed by atoms with Crippen LogP contribution in [0.15, 0.2) is 52.6 Å². The van der Waals surface area contributed by atoms with Crippen LogP contribution in [-0.2, 0) is 16.4 Å². The Morgan fingerprint density at radius 1 is 1.26 bits per heavy atom. The number of nitrogens with one attached hydrogen (secondary N) is 1. The van der Waals surface area contributed by atoms with Crippen LogP contribution in [0.25, 0.3) is 0 Å². The molecule has 2 aliphatic heterocycles. The number of fused-ring (bicyclic) bond motifs is 1. The van der Waals surface area contributed by atoms with Gasteiger partial charge in [0.05, 0.1) is 17.7 Å². The minimum absolute atomic E-state index is 0.268. The third kappa shape index (κ3) is 3.70. The Hall–Kier alpha value is -2.39. The number of benzene rings is 2. The average molecular weight is 404 g/mol. The predicted molar refractivity (Wildman–Crippen MR) is 108 cm³/mol. The monoisotopic (exact) mass is 404 g/mol. The predicted octanol–water partition coefficient (Wildman–Crippen LogP) is 2.88. The molecule has 0 aromatic heterocycles. The van der Waals surface area contributed by atoms with Crippen LogP contribution in [0, 0.1) is 5.82 Å². The molecule has 0 bridgehead atoms. The lowest BCUT2D eigenvalue weighted by Crippen LogP contribution is -2.27. The lowest BCUT2D eigenvalue weighted by molar-refractivity contribution is 0.598. The van der Waals surface area contributed by atoms with E-state index in [9.17, 15) is 12.8 Å². The lowest BCUT2D eigenvalue weighted by atomic mass is 10.1. The third-order valence-corrected chi connectivity index (χ3v) is 6.43. The summed E-state index contributed by atoms with van der Waals surface area (Å²) in [4.78, 5) is 4.25. The summed E-state index contributed by atoms with van der Waals surface area (Å²) in [7, 11) is -3.25. The topological polar surface area (TPSA) is 74.1 Å². The van der Waals surface area contributed by atoms with Crippen LogP contribution < -0.4 is 9.73 Å². The Kier molecular flexibility index (Phi) is 4.65. The van der Waals surface area contributed by atoms with E-state index in [-0.39, 0.29) is 11.5 Å². The number of rotatable bonds is 3. The fourth-order valence-electron chi connectivity index (χ4n) is 3.07. The molecule has 6 nitrogen and oxygen atoms in total. The Balaban J connectivity index is 1.55. The van der Waals surface area contributed by atoms with E-state index in [1.165, 1.54) is 28.4 Å². The van der Waals surface area contributed by atoms with Gasteiger partial charge in [-0.3, -0.25) is 9.73 Å². The van der Waals surface area contributed by atoms with Crippen molar-refractivity contribution >= 4 is 44.0 Å². The van der Waals surface area contributed by atoms with Crippen molar-refractivity contribution in [1.29, 1.82) is 0 Å². The number of para-hydroxylation sites is 1. The van der Waals surface area contributed by atoms with E-state index in [1.54, 1.807) is 18.2 Å². The second-order valence-corrected chi connectivity index (χ2v) is 9.13. The van der Waals surface area contributed by atoms with Crippen molar-refractivity contribution in [2.45, 2.75) is 6.42 Å². The SMILES string of the molecule is CS(=O)(=O)N1CCc2cc(C3=NNC(=Nc4ccccc4F)SC3)ccc21. The molecule has 27 heavy (non-hydrogen) atoms. The van der Waals surface area contributed by atoms with Gasteiger partial charge in [-0.1, -0.05) is 30.0 Å². The molecule has 2 aromatic carbocycles. The van der Waals surface area contributed by atoms with Crippen molar-refractivity contribution in [3.05, 3.63) is 59.4 Å². The van der Waals surface area contributed by atoms with Crippen molar-refractivity contribution in [3.63, 3.8) is 0 Å². The first kappa shape index (κ1) is 18.0. The van der Waals surface area contributed by atoms with Crippen LogP contribution in [-0.4, -0.2) is 37.9 Å². The van der Waals surface area contributed by atoms with Gasteiger partial charge in [0.15, 0.2) is 5.17 Å². The molecule has 0 unspecified atom stereocenters. The molecule has 0 atom stereocenters. The van der Waals surface area contributed by atoms with Crippen LogP contribution in [0.5, 0.6) is 0 Å². The summed E-state index contributed by atoms with van der Waals surface area (Å²) in [5.74, 6) is 0.214. The number of thioether (sulfide) groups is 1. The third-order valence-electron chi connectivity index (χ3n) is 4.37. The minimum Gasteiger partial charge on any atom is -0.270 e. The lowest BCUT2D eigenvalue weighted by Gasteiger charge is -2.18. The number of hydrazone groups is 1. The van der Waals surface area contributed by atoms with Crippen LogP contribution >= 0.6 is 11.8 Å². The summed E-state index contributed by atoms with van der Waals surface area (Å²) in [6, 6.07) is 12.0. The van der Waals surface area contributed by atoms with E-state index >= 15 is 0 Å². The Bertz CT molecular complexity index is 1070. The van der Waals surface area contributed by atoms with Crippen molar-refractivity contribution in [2.24, 2.45) is 10.1 Å². The summed E-state index contributed by atoms with van der Waals surface area (Å²) in [6.45, 7) is 0.469. The van der Waals surface area contributed by atoms with E-state index in [2.05, 4.69) is 15.5 Å². The number of hydrogen-bond acceptors (Lipinski definition) is 5. The highest BCUT2D eigenvalue weighted by atomic mass is 32.2. The second-order valence-electron chi connectivity index (χ2n) is 6.26. The molecule has 2 aliphatic rings. The Morgan fingerprint density at radius 2 is 2.07 bits per heavy atom. The number of aliphatic imine (C=N–C) groups is 1. The van der Waals surface area contributed by atoms with E-state index < -0.39 is 10.0 Å². The molecular weight excluding hydrogens is 387 g/mol. The molecule has 0 saturated heterocycles. The van der Waals surface area contributed by atoms with E-state index in [1.807, 2.05) is 18.2 Å². The van der Waals surface area contributed by atoms with Gasteiger partial charge < -0.3 is 0 Å². The number of halogens is 1. The number of nitrogens with zero attached hydrogens (tertiary/aromatic N) is 3. The molecule has 1 N–H and O–H groups in total. The van der Waals surface area contributed by atoms with Crippen LogP contribution in [0.3, 0.4) is 0 Å². The van der Waals surface area contributed by atoms with E-state index in [0.29, 0.717) is 23.9 Å². The minimum atomic E-state index is -3.25. The Labute approximate surface area is 161 Å². The molecule has 0 aliphatic carbocycles. The first-order valence-corrected chi connectivity index (χ1v) is 11.1. The summed E-state index contributed by atoms with van der Waals surface area (Å²) in [6.07, 6.45) is 1.91. The maximum Gasteiger partial charge on any atom is 0.232 e. The van der Waals surface area contributed by atoms with E-state index in [4.69, 9.17) is 0 Å². The first-order valence-electron chi connectivity index (χ1n) is 8.31.